The maximum Gasteiger partial charge on any atom is 0.559 e. The van der Waals surface area contributed by atoms with Gasteiger partial charge in [-0.2, -0.15) is 0 Å². The summed E-state index contributed by atoms with van der Waals surface area (Å²) in [7, 11) is 0. The Hall–Kier alpha value is 0.239. The molecule has 0 amide bonds. The fourth-order valence-electron chi connectivity index (χ4n) is 0. The Morgan fingerprint density at radius 2 is 0.833 bits per heavy atom. The third-order valence-electron chi connectivity index (χ3n) is 0. The van der Waals surface area contributed by atoms with Gasteiger partial charge in [0.05, 0.1) is 0 Å². The van der Waals surface area contributed by atoms with Crippen LogP contribution in [0.3, 0.4) is 0 Å². The topological polar surface area (TPSA) is 0 Å². The number of hydrogen-bond acceptors (Lipinski definition) is 0. The molecule has 6 heavy (non-hydrogen) atoms. The summed E-state index contributed by atoms with van der Waals surface area (Å²) >= 11 is 0. The molecule has 0 aliphatic carbocycles. The molecule has 0 N–H and O–H groups in total. The molecule has 0 aliphatic rings. The van der Waals surface area contributed by atoms with Gasteiger partial charge in [-0.3, -0.25) is 0 Å². The van der Waals surface area contributed by atoms with E-state index in [1.54, 1.807) is 0 Å². The van der Waals surface area contributed by atoms with Crippen molar-refractivity contribution in [2.45, 2.75) is 6.43 Å². The second-order valence-corrected chi connectivity index (χ2v) is 0.429. The molecule has 0 atom stereocenters. The Kier molecular flexibility index (Phi) is 3.84. The molecule has 0 aromatic rings. The fourth-order valence-corrected chi connectivity index (χ4v) is 0. The van der Waals surface area contributed by atoms with Crippen LogP contribution in [0.4, 0.5) is 17.6 Å². The van der Waals surface area contributed by atoms with E-state index in [9.17, 15) is 17.6 Å². The third-order valence-corrected chi connectivity index (χ3v) is 0. The average molecular weight is 152 g/mol. The number of hydrogen-bond donors (Lipinski definition) is 0. The van der Waals surface area contributed by atoms with Crippen molar-refractivity contribution in [1.82, 2.24) is 0 Å². The first-order chi connectivity index (χ1) is 2.00. The molecular weight excluding hydrogens is 152 g/mol. The van der Waals surface area contributed by atoms with Gasteiger partial charge in [0, 0.05) is 17.1 Å². The van der Waals surface area contributed by atoms with E-state index in [1.165, 1.54) is 0 Å². The van der Waals surface area contributed by atoms with Gasteiger partial charge < -0.3 is 0 Å². The van der Waals surface area contributed by atoms with Gasteiger partial charge in [-0.1, -0.05) is 0 Å². The third kappa shape index (κ3) is 776. The zero-order valence-electron chi connectivity index (χ0n) is 2.31. The zero-order valence-corrected chi connectivity index (χ0v) is 3.26. The van der Waals surface area contributed by atoms with Gasteiger partial charge in [-0.25, -0.2) is 0 Å². The smallest absolute Gasteiger partial charge is 0.140 e. The van der Waals surface area contributed by atoms with Crippen LogP contribution in [-0.2, 0) is 17.1 Å². The molecule has 0 rings (SSSR count). The van der Waals surface area contributed by atoms with Crippen molar-refractivity contribution in [3.63, 3.8) is 0 Å². The predicted molar refractivity (Wildman–Crippen MR) is 7.16 cm³/mol. The van der Waals surface area contributed by atoms with E-state index in [-0.39, 0.29) is 17.1 Å². The molecule has 0 aliphatic heterocycles. The number of halogens is 4. The van der Waals surface area contributed by atoms with Crippen LogP contribution >= 0.6 is 0 Å². The summed E-state index contributed by atoms with van der Waals surface area (Å²) in [5, 5.41) is 0. The standard InChI is InChI=1S/CF4.Cu/c2-1(3,4)5;. The number of alkyl halides is 4. The van der Waals surface area contributed by atoms with Crippen LogP contribution in [0.5, 0.6) is 0 Å². The molecule has 0 heterocycles. The normalized spacial score (nSPS) is 10.0. The predicted octanol–water partition coefficient (Wildman–Crippen LogP) is 1.47. The minimum atomic E-state index is -5.50. The van der Waals surface area contributed by atoms with Crippen molar-refractivity contribution in [2.75, 3.05) is 0 Å². The summed E-state index contributed by atoms with van der Waals surface area (Å²) in [5.41, 5.74) is 0. The zero-order chi connectivity index (χ0) is 4.50. The van der Waals surface area contributed by atoms with Gasteiger partial charge in [0.15, 0.2) is 0 Å². The van der Waals surface area contributed by atoms with Crippen LogP contribution in [0.25, 0.3) is 0 Å². The van der Waals surface area contributed by atoms with E-state index < -0.39 is 6.43 Å². The Balaban J connectivity index is 0. The maximum atomic E-state index is 9.69. The summed E-state index contributed by atoms with van der Waals surface area (Å²) in [5.74, 6) is 0. The Labute approximate surface area is 42.0 Å². The average Bonchev–Trinajstić information content (AvgIpc) is 0.722. The first kappa shape index (κ1) is 9.53. The molecular formula is CCuF4. The molecule has 0 aromatic carbocycles. The number of rotatable bonds is 0. The monoisotopic (exact) mass is 151 g/mol. The van der Waals surface area contributed by atoms with Crippen LogP contribution in [0, 0.1) is 0 Å². The molecule has 0 bridgehead atoms. The largest absolute Gasteiger partial charge is 0.559 e. The Bertz CT molecular complexity index is 23.0. The van der Waals surface area contributed by atoms with Crippen molar-refractivity contribution in [1.29, 1.82) is 0 Å². The van der Waals surface area contributed by atoms with E-state index in [2.05, 4.69) is 0 Å². The van der Waals surface area contributed by atoms with Crippen LogP contribution in [0.15, 0.2) is 0 Å². The molecule has 0 unspecified atom stereocenters. The molecule has 0 saturated heterocycles. The molecule has 1 radical (unpaired) electrons. The van der Waals surface area contributed by atoms with E-state index in [4.69, 9.17) is 0 Å². The summed E-state index contributed by atoms with van der Waals surface area (Å²) in [4.78, 5) is 0. The molecule has 43 valence electrons. The molecule has 5 heteroatoms. The molecule has 0 nitrogen and oxygen atoms in total. The minimum absolute atomic E-state index is 0. The molecule has 0 aromatic heterocycles. The van der Waals surface area contributed by atoms with E-state index >= 15 is 0 Å². The Morgan fingerprint density at radius 1 is 0.833 bits per heavy atom. The van der Waals surface area contributed by atoms with Crippen LogP contribution < -0.4 is 0 Å². The molecule has 0 saturated carbocycles. The van der Waals surface area contributed by atoms with Gasteiger partial charge >= 0.3 is 6.43 Å². The van der Waals surface area contributed by atoms with Crippen molar-refractivity contribution in [3.8, 4) is 0 Å². The first-order valence-electron chi connectivity index (χ1n) is 0.756. The van der Waals surface area contributed by atoms with E-state index in [1.807, 2.05) is 0 Å². The Morgan fingerprint density at radius 3 is 0.833 bits per heavy atom. The fraction of sp³-hybridized carbons (Fsp3) is 1.00. The first-order valence-corrected chi connectivity index (χ1v) is 0.756. The minimum Gasteiger partial charge on any atom is -0.140 e. The second-order valence-electron chi connectivity index (χ2n) is 0.429. The maximum absolute atomic E-state index is 9.69. The SMILES string of the molecule is FC(F)(F)F.[Cu]. The van der Waals surface area contributed by atoms with Crippen molar-refractivity contribution in [2.24, 2.45) is 0 Å². The van der Waals surface area contributed by atoms with Gasteiger partial charge in [-0.05, 0) is 0 Å². The second kappa shape index (κ2) is 2.42. The summed E-state index contributed by atoms with van der Waals surface area (Å²) in [6.07, 6.45) is -5.50. The van der Waals surface area contributed by atoms with Crippen molar-refractivity contribution in [3.05, 3.63) is 0 Å². The summed E-state index contributed by atoms with van der Waals surface area (Å²) in [6, 6.07) is 0. The van der Waals surface area contributed by atoms with E-state index in [0.29, 0.717) is 0 Å². The van der Waals surface area contributed by atoms with Crippen molar-refractivity contribution < 1.29 is 34.6 Å². The van der Waals surface area contributed by atoms with Crippen molar-refractivity contribution >= 4 is 0 Å². The van der Waals surface area contributed by atoms with Gasteiger partial charge in [0.25, 0.3) is 0 Å². The van der Waals surface area contributed by atoms with E-state index in [0.717, 1.165) is 0 Å². The van der Waals surface area contributed by atoms with Crippen LogP contribution in [-0.4, -0.2) is 6.43 Å². The molecule has 0 fully saturated rings. The van der Waals surface area contributed by atoms with Gasteiger partial charge in [0.2, 0.25) is 0 Å². The summed E-state index contributed by atoms with van der Waals surface area (Å²) < 4.78 is 38.8. The van der Waals surface area contributed by atoms with Crippen LogP contribution in [0.1, 0.15) is 0 Å². The molecule has 0 spiro atoms. The van der Waals surface area contributed by atoms with Gasteiger partial charge in [0.1, 0.15) is 0 Å². The van der Waals surface area contributed by atoms with Crippen LogP contribution in [0.2, 0.25) is 0 Å². The van der Waals surface area contributed by atoms with Gasteiger partial charge in [-0.15, -0.1) is 17.6 Å². The summed E-state index contributed by atoms with van der Waals surface area (Å²) in [6.45, 7) is 0. The quantitative estimate of drug-likeness (QED) is 0.363.